The molecule has 1 saturated heterocycles. The molecule has 2 aromatic carbocycles. The number of likely N-dealkylation sites (N-methyl/N-ethyl adjacent to an activating group) is 1. The number of ether oxygens (including phenoxy) is 1. The molecule has 0 unspecified atom stereocenters. The van der Waals surface area contributed by atoms with Gasteiger partial charge in [0.15, 0.2) is 0 Å². The third kappa shape index (κ3) is 4.75. The van der Waals surface area contributed by atoms with Crippen LogP contribution < -0.4 is 20.3 Å². The SMILES string of the molecule is CN(C)[C@@H](CNC(=O)C(=O)Nc1cccc(N2CCCC2=O)c1)c1ccc2c(c1)CCO2. The molecule has 0 saturated carbocycles. The Morgan fingerprint density at radius 2 is 1.97 bits per heavy atom. The van der Waals surface area contributed by atoms with Gasteiger partial charge < -0.3 is 25.2 Å². The van der Waals surface area contributed by atoms with Gasteiger partial charge in [-0.3, -0.25) is 14.4 Å². The van der Waals surface area contributed by atoms with Gasteiger partial charge in [0, 0.05) is 37.3 Å². The van der Waals surface area contributed by atoms with E-state index in [1.54, 1.807) is 23.1 Å². The Morgan fingerprint density at radius 1 is 1.12 bits per heavy atom. The number of nitrogens with one attached hydrogen (secondary N) is 2. The van der Waals surface area contributed by atoms with Crippen LogP contribution in [-0.2, 0) is 20.8 Å². The quantitative estimate of drug-likeness (QED) is 0.677. The molecule has 0 radical (unpaired) electrons. The van der Waals surface area contributed by atoms with E-state index in [1.807, 2.05) is 37.2 Å². The number of amides is 3. The molecule has 3 amide bonds. The maximum Gasteiger partial charge on any atom is 0.313 e. The number of hydrogen-bond acceptors (Lipinski definition) is 5. The first-order valence-corrected chi connectivity index (χ1v) is 10.8. The number of fused-ring (bicyclic) bond motifs is 1. The summed E-state index contributed by atoms with van der Waals surface area (Å²) >= 11 is 0. The molecule has 2 aliphatic heterocycles. The first-order chi connectivity index (χ1) is 15.4. The zero-order valence-corrected chi connectivity index (χ0v) is 18.4. The van der Waals surface area contributed by atoms with Crippen molar-refractivity contribution in [2.45, 2.75) is 25.3 Å². The third-order valence-electron chi connectivity index (χ3n) is 5.87. The lowest BCUT2D eigenvalue weighted by molar-refractivity contribution is -0.136. The summed E-state index contributed by atoms with van der Waals surface area (Å²) in [4.78, 5) is 40.6. The highest BCUT2D eigenvalue weighted by atomic mass is 16.5. The molecule has 0 spiro atoms. The van der Waals surface area contributed by atoms with Crippen molar-refractivity contribution in [2.24, 2.45) is 0 Å². The highest BCUT2D eigenvalue weighted by Gasteiger charge is 2.23. The van der Waals surface area contributed by atoms with Crippen LogP contribution in [0, 0.1) is 0 Å². The zero-order chi connectivity index (χ0) is 22.7. The van der Waals surface area contributed by atoms with Crippen LogP contribution >= 0.6 is 0 Å². The topological polar surface area (TPSA) is 91.0 Å². The smallest absolute Gasteiger partial charge is 0.313 e. The van der Waals surface area contributed by atoms with Crippen LogP contribution in [0.25, 0.3) is 0 Å². The number of carbonyl (C=O) groups is 3. The Balaban J connectivity index is 1.37. The normalized spacial score (nSPS) is 16.0. The molecule has 0 aromatic heterocycles. The molecule has 8 nitrogen and oxygen atoms in total. The lowest BCUT2D eigenvalue weighted by atomic mass is 10.0. The van der Waals surface area contributed by atoms with Gasteiger partial charge in [-0.2, -0.15) is 0 Å². The lowest BCUT2D eigenvalue weighted by Gasteiger charge is -2.25. The van der Waals surface area contributed by atoms with Crippen LogP contribution in [0.4, 0.5) is 11.4 Å². The van der Waals surface area contributed by atoms with Crippen LogP contribution in [0.5, 0.6) is 5.75 Å². The third-order valence-corrected chi connectivity index (χ3v) is 5.87. The van der Waals surface area contributed by atoms with E-state index in [-0.39, 0.29) is 11.9 Å². The maximum absolute atomic E-state index is 12.5. The molecule has 32 heavy (non-hydrogen) atoms. The highest BCUT2D eigenvalue weighted by Crippen LogP contribution is 2.29. The highest BCUT2D eigenvalue weighted by molar-refractivity contribution is 6.39. The number of nitrogens with zero attached hydrogens (tertiary/aromatic N) is 2. The first kappa shape index (κ1) is 21.8. The van der Waals surface area contributed by atoms with Crippen molar-refractivity contribution in [3.05, 3.63) is 53.6 Å². The van der Waals surface area contributed by atoms with Crippen LogP contribution in [0.15, 0.2) is 42.5 Å². The average molecular weight is 437 g/mol. The largest absolute Gasteiger partial charge is 0.493 e. The van der Waals surface area contributed by atoms with Crippen molar-refractivity contribution in [1.82, 2.24) is 10.2 Å². The Hall–Kier alpha value is -3.39. The predicted molar refractivity (Wildman–Crippen MR) is 122 cm³/mol. The van der Waals surface area contributed by atoms with E-state index in [0.717, 1.165) is 35.4 Å². The molecule has 1 atom stereocenters. The van der Waals surface area contributed by atoms with Crippen LogP contribution in [-0.4, -0.2) is 56.4 Å². The van der Waals surface area contributed by atoms with Crippen LogP contribution in [0.2, 0.25) is 0 Å². The summed E-state index contributed by atoms with van der Waals surface area (Å²) in [6.07, 6.45) is 2.23. The van der Waals surface area contributed by atoms with E-state index in [0.29, 0.717) is 31.8 Å². The fourth-order valence-electron chi connectivity index (χ4n) is 4.14. The van der Waals surface area contributed by atoms with Crippen LogP contribution in [0.3, 0.4) is 0 Å². The minimum atomic E-state index is -0.741. The van der Waals surface area contributed by atoms with Gasteiger partial charge >= 0.3 is 11.8 Å². The number of anilines is 2. The van der Waals surface area contributed by atoms with Gasteiger partial charge in [0.1, 0.15) is 5.75 Å². The van der Waals surface area contributed by atoms with E-state index in [9.17, 15) is 14.4 Å². The Morgan fingerprint density at radius 3 is 2.72 bits per heavy atom. The maximum atomic E-state index is 12.5. The Kier molecular flexibility index (Phi) is 6.41. The van der Waals surface area contributed by atoms with Crippen molar-refractivity contribution in [1.29, 1.82) is 0 Å². The second kappa shape index (κ2) is 9.40. The number of benzene rings is 2. The summed E-state index contributed by atoms with van der Waals surface area (Å²) in [5, 5.41) is 5.37. The molecule has 2 heterocycles. The molecule has 2 aromatic rings. The first-order valence-electron chi connectivity index (χ1n) is 10.8. The van der Waals surface area contributed by atoms with Gasteiger partial charge in [-0.05, 0) is 55.9 Å². The predicted octanol–water partition coefficient (Wildman–Crippen LogP) is 2.11. The summed E-state index contributed by atoms with van der Waals surface area (Å²) in [5.41, 5.74) is 3.42. The van der Waals surface area contributed by atoms with E-state index in [1.165, 1.54) is 0 Å². The van der Waals surface area contributed by atoms with E-state index >= 15 is 0 Å². The summed E-state index contributed by atoms with van der Waals surface area (Å²) in [5.74, 6) is -0.467. The fourth-order valence-corrected chi connectivity index (χ4v) is 4.14. The minimum absolute atomic E-state index is 0.0686. The summed E-state index contributed by atoms with van der Waals surface area (Å²) < 4.78 is 5.57. The number of rotatable bonds is 6. The summed E-state index contributed by atoms with van der Waals surface area (Å²) in [7, 11) is 3.87. The van der Waals surface area contributed by atoms with Crippen molar-refractivity contribution >= 4 is 29.1 Å². The minimum Gasteiger partial charge on any atom is -0.493 e. The van der Waals surface area contributed by atoms with Crippen molar-refractivity contribution < 1.29 is 19.1 Å². The van der Waals surface area contributed by atoms with Crippen LogP contribution in [0.1, 0.15) is 30.0 Å². The molecule has 1 fully saturated rings. The van der Waals surface area contributed by atoms with Crippen molar-refractivity contribution in [3.63, 3.8) is 0 Å². The molecule has 2 aliphatic rings. The van der Waals surface area contributed by atoms with Gasteiger partial charge in [-0.1, -0.05) is 18.2 Å². The van der Waals surface area contributed by atoms with Gasteiger partial charge in [0.2, 0.25) is 5.91 Å². The van der Waals surface area contributed by atoms with E-state index in [4.69, 9.17) is 4.74 Å². The second-order valence-electron chi connectivity index (χ2n) is 8.31. The number of hydrogen-bond donors (Lipinski definition) is 2. The molecular weight excluding hydrogens is 408 g/mol. The molecule has 0 aliphatic carbocycles. The molecule has 2 N–H and O–H groups in total. The number of carbonyl (C=O) groups excluding carboxylic acids is 3. The second-order valence-corrected chi connectivity index (χ2v) is 8.31. The average Bonchev–Trinajstić information content (AvgIpc) is 3.42. The molecule has 8 heteroatoms. The van der Waals surface area contributed by atoms with E-state index in [2.05, 4.69) is 16.7 Å². The lowest BCUT2D eigenvalue weighted by Crippen LogP contribution is -2.40. The fraction of sp³-hybridized carbons (Fsp3) is 0.375. The van der Waals surface area contributed by atoms with E-state index < -0.39 is 11.8 Å². The summed E-state index contributed by atoms with van der Waals surface area (Å²) in [6.45, 7) is 1.65. The van der Waals surface area contributed by atoms with Gasteiger partial charge in [-0.15, -0.1) is 0 Å². The summed E-state index contributed by atoms with van der Waals surface area (Å²) in [6, 6.07) is 13.0. The van der Waals surface area contributed by atoms with Crippen molar-refractivity contribution in [2.75, 3.05) is 44.0 Å². The Labute approximate surface area is 187 Å². The van der Waals surface area contributed by atoms with Gasteiger partial charge in [0.25, 0.3) is 0 Å². The standard InChI is InChI=1S/C24H28N4O4/c1-27(2)20(16-8-9-21-17(13-16)10-12-32-21)15-25-23(30)24(31)26-18-5-3-6-19(14-18)28-11-4-7-22(28)29/h3,5-6,8-9,13-14,20H,4,7,10-12,15H2,1-2H3,(H,25,30)(H,26,31)/t20-/m0/s1. The molecule has 168 valence electrons. The van der Waals surface area contributed by atoms with Gasteiger partial charge in [0.05, 0.1) is 12.6 Å². The van der Waals surface area contributed by atoms with Gasteiger partial charge in [-0.25, -0.2) is 0 Å². The molecule has 4 rings (SSSR count). The zero-order valence-electron chi connectivity index (χ0n) is 18.4. The monoisotopic (exact) mass is 436 g/mol. The Bertz CT molecular complexity index is 1040. The molecule has 0 bridgehead atoms. The molecular formula is C24H28N4O4. The van der Waals surface area contributed by atoms with Crippen molar-refractivity contribution in [3.8, 4) is 5.75 Å².